The van der Waals surface area contributed by atoms with E-state index in [1.54, 1.807) is 12.1 Å². The Morgan fingerprint density at radius 1 is 1.17 bits per heavy atom. The number of nitrogens with one attached hydrogen (secondary N) is 2. The number of rotatable bonds is 7. The number of phenols is 1. The lowest BCUT2D eigenvalue weighted by molar-refractivity contribution is -0.160. The number of carbonyl (C=O) groups excluding carboxylic acids is 1. The highest BCUT2D eigenvalue weighted by Gasteiger charge is 2.34. The van der Waals surface area contributed by atoms with Crippen LogP contribution in [0.1, 0.15) is 47.1 Å². The lowest BCUT2D eigenvalue weighted by atomic mass is 9.86. The number of hydrogen-bond acceptors (Lipinski definition) is 5. The first-order valence-electron chi connectivity index (χ1n) is 8.44. The average Bonchev–Trinajstić information content (AvgIpc) is 2.39. The predicted octanol–water partition coefficient (Wildman–Crippen LogP) is 2.83. The Morgan fingerprint density at radius 3 is 2.38 bits per heavy atom. The Labute approximate surface area is 145 Å². The summed E-state index contributed by atoms with van der Waals surface area (Å²) in [7, 11) is 0. The molecule has 0 aromatic heterocycles. The van der Waals surface area contributed by atoms with E-state index < -0.39 is 5.60 Å². The maximum atomic E-state index is 12.4. The van der Waals surface area contributed by atoms with Crippen LogP contribution in [-0.4, -0.2) is 35.8 Å². The third kappa shape index (κ3) is 7.79. The van der Waals surface area contributed by atoms with Crippen molar-refractivity contribution in [2.75, 3.05) is 13.1 Å². The lowest BCUT2D eigenvalue weighted by Gasteiger charge is -2.32. The molecular formula is C19H32N2O3. The molecule has 1 rings (SSSR count). The molecule has 0 unspecified atom stereocenters. The van der Waals surface area contributed by atoms with Crippen LogP contribution in [0, 0.1) is 5.41 Å². The number of hydrogen-bond donors (Lipinski definition) is 3. The zero-order valence-corrected chi connectivity index (χ0v) is 15.8. The highest BCUT2D eigenvalue weighted by molar-refractivity contribution is 5.77. The topological polar surface area (TPSA) is 70.6 Å². The summed E-state index contributed by atoms with van der Waals surface area (Å²) in [6.07, 6.45) is 0. The minimum Gasteiger partial charge on any atom is -0.508 e. The van der Waals surface area contributed by atoms with E-state index in [1.807, 2.05) is 53.7 Å². The normalized spacial score (nSPS) is 13.6. The fourth-order valence-corrected chi connectivity index (χ4v) is 2.31. The quantitative estimate of drug-likeness (QED) is 0.528. The lowest BCUT2D eigenvalue weighted by Crippen LogP contribution is -2.50. The third-order valence-electron chi connectivity index (χ3n) is 3.40. The fraction of sp³-hybridized carbons (Fsp3) is 0.632. The molecule has 1 aromatic carbocycles. The van der Waals surface area contributed by atoms with Gasteiger partial charge in [-0.15, -0.1) is 0 Å². The van der Waals surface area contributed by atoms with Gasteiger partial charge in [0.1, 0.15) is 17.4 Å². The molecule has 1 atom stereocenters. The van der Waals surface area contributed by atoms with E-state index in [0.29, 0.717) is 19.6 Å². The molecule has 24 heavy (non-hydrogen) atoms. The van der Waals surface area contributed by atoms with Gasteiger partial charge in [-0.1, -0.05) is 32.9 Å². The van der Waals surface area contributed by atoms with E-state index in [9.17, 15) is 9.90 Å². The van der Waals surface area contributed by atoms with Crippen molar-refractivity contribution in [3.05, 3.63) is 29.8 Å². The number of carbonyl (C=O) groups is 1. The van der Waals surface area contributed by atoms with E-state index >= 15 is 0 Å². The Balaban J connectivity index is 2.44. The first kappa shape index (κ1) is 20.5. The van der Waals surface area contributed by atoms with Crippen molar-refractivity contribution in [1.82, 2.24) is 10.6 Å². The number of phenolic OH excluding ortho intramolecular Hbond substituents is 1. The van der Waals surface area contributed by atoms with Crippen LogP contribution in [0.5, 0.6) is 5.75 Å². The minimum absolute atomic E-state index is 0.219. The van der Waals surface area contributed by atoms with Crippen LogP contribution >= 0.6 is 0 Å². The molecule has 0 heterocycles. The van der Waals surface area contributed by atoms with Crippen LogP contribution in [0.3, 0.4) is 0 Å². The monoisotopic (exact) mass is 336 g/mol. The zero-order chi connectivity index (χ0) is 18.4. The molecule has 0 bridgehead atoms. The van der Waals surface area contributed by atoms with Crippen LogP contribution in [-0.2, 0) is 16.1 Å². The molecule has 0 radical (unpaired) electrons. The fourth-order valence-electron chi connectivity index (χ4n) is 2.31. The molecule has 0 amide bonds. The molecule has 3 N–H and O–H groups in total. The van der Waals surface area contributed by atoms with Crippen LogP contribution < -0.4 is 10.6 Å². The Kier molecular flexibility index (Phi) is 7.24. The largest absolute Gasteiger partial charge is 0.508 e. The van der Waals surface area contributed by atoms with E-state index in [0.717, 1.165) is 5.56 Å². The molecule has 0 aliphatic rings. The summed E-state index contributed by atoms with van der Waals surface area (Å²) < 4.78 is 5.52. The van der Waals surface area contributed by atoms with Crippen LogP contribution in [0.15, 0.2) is 24.3 Å². The predicted molar refractivity (Wildman–Crippen MR) is 96.9 cm³/mol. The summed E-state index contributed by atoms with van der Waals surface area (Å²) in [5.74, 6) is 0.0492. The van der Waals surface area contributed by atoms with Gasteiger partial charge in [0.2, 0.25) is 0 Å². The molecule has 0 aliphatic heterocycles. The molecule has 5 nitrogen and oxygen atoms in total. The summed E-state index contributed by atoms with van der Waals surface area (Å²) in [6.45, 7) is 13.7. The second kappa shape index (κ2) is 8.49. The van der Waals surface area contributed by atoms with Crippen molar-refractivity contribution in [1.29, 1.82) is 0 Å². The summed E-state index contributed by atoms with van der Waals surface area (Å²) >= 11 is 0. The van der Waals surface area contributed by atoms with Crippen molar-refractivity contribution in [2.24, 2.45) is 5.41 Å². The van der Waals surface area contributed by atoms with Gasteiger partial charge in [-0.25, -0.2) is 0 Å². The first-order valence-corrected chi connectivity index (χ1v) is 8.44. The highest BCUT2D eigenvalue weighted by Crippen LogP contribution is 2.22. The van der Waals surface area contributed by atoms with Crippen LogP contribution in [0.4, 0.5) is 0 Å². The van der Waals surface area contributed by atoms with Gasteiger partial charge in [0.05, 0.1) is 0 Å². The summed E-state index contributed by atoms with van der Waals surface area (Å²) in [6, 6.07) is 6.81. The third-order valence-corrected chi connectivity index (χ3v) is 3.40. The number of esters is 1. The van der Waals surface area contributed by atoms with Crippen molar-refractivity contribution in [3.8, 4) is 5.75 Å². The Bertz CT molecular complexity index is 530. The van der Waals surface area contributed by atoms with Gasteiger partial charge in [0, 0.05) is 19.6 Å². The van der Waals surface area contributed by atoms with E-state index in [-0.39, 0.29) is 23.2 Å². The Hall–Kier alpha value is -1.59. The van der Waals surface area contributed by atoms with Gasteiger partial charge in [0.25, 0.3) is 0 Å². The smallest absolute Gasteiger partial charge is 0.324 e. The molecular weight excluding hydrogens is 304 g/mol. The van der Waals surface area contributed by atoms with Crippen LogP contribution in [0.25, 0.3) is 0 Å². The van der Waals surface area contributed by atoms with Gasteiger partial charge < -0.3 is 20.5 Å². The second-order valence-electron chi connectivity index (χ2n) is 8.13. The van der Waals surface area contributed by atoms with Crippen molar-refractivity contribution < 1.29 is 14.6 Å². The SMILES string of the molecule is CC(C)(C)OC(=O)[C@@H](NCCNCc1cccc(O)c1)C(C)(C)C. The maximum Gasteiger partial charge on any atom is 0.324 e. The first-order chi connectivity index (χ1) is 11.0. The summed E-state index contributed by atoms with van der Waals surface area (Å²) in [5, 5.41) is 16.0. The number of ether oxygens (including phenoxy) is 1. The zero-order valence-electron chi connectivity index (χ0n) is 15.8. The molecule has 1 aromatic rings. The van der Waals surface area contributed by atoms with E-state index in [4.69, 9.17) is 4.74 Å². The van der Waals surface area contributed by atoms with Gasteiger partial charge in [0.15, 0.2) is 0 Å². The summed E-state index contributed by atoms with van der Waals surface area (Å²) in [4.78, 5) is 12.4. The van der Waals surface area contributed by atoms with E-state index in [1.165, 1.54) is 0 Å². The number of benzene rings is 1. The molecule has 0 saturated heterocycles. The van der Waals surface area contributed by atoms with Crippen molar-refractivity contribution in [2.45, 2.75) is 59.7 Å². The van der Waals surface area contributed by atoms with Gasteiger partial charge in [-0.2, -0.15) is 0 Å². The van der Waals surface area contributed by atoms with E-state index in [2.05, 4.69) is 10.6 Å². The second-order valence-corrected chi connectivity index (χ2v) is 8.13. The minimum atomic E-state index is -0.490. The van der Waals surface area contributed by atoms with Crippen molar-refractivity contribution >= 4 is 5.97 Å². The highest BCUT2D eigenvalue weighted by atomic mass is 16.6. The molecule has 0 saturated carbocycles. The average molecular weight is 336 g/mol. The molecule has 0 spiro atoms. The molecule has 5 heteroatoms. The van der Waals surface area contributed by atoms with Crippen LogP contribution in [0.2, 0.25) is 0 Å². The Morgan fingerprint density at radius 2 is 1.83 bits per heavy atom. The maximum absolute atomic E-state index is 12.4. The van der Waals surface area contributed by atoms with Gasteiger partial charge in [-0.3, -0.25) is 4.79 Å². The number of aromatic hydroxyl groups is 1. The molecule has 0 fully saturated rings. The van der Waals surface area contributed by atoms with Crippen molar-refractivity contribution in [3.63, 3.8) is 0 Å². The molecule has 0 aliphatic carbocycles. The van der Waals surface area contributed by atoms with Gasteiger partial charge >= 0.3 is 5.97 Å². The standard InChI is InChI=1S/C19H32N2O3/c1-18(2,3)16(17(23)24-19(4,5)6)21-11-10-20-13-14-8-7-9-15(22)12-14/h7-9,12,16,20-22H,10-11,13H2,1-6H3/t16-/m1/s1. The summed E-state index contributed by atoms with van der Waals surface area (Å²) in [5.41, 5.74) is 0.304. The van der Waals surface area contributed by atoms with Gasteiger partial charge in [-0.05, 0) is 43.9 Å². The molecule has 136 valence electrons.